The molecule has 11 nitrogen and oxygen atoms in total. The lowest BCUT2D eigenvalue weighted by Gasteiger charge is -2.47. The van der Waals surface area contributed by atoms with E-state index >= 15 is 0 Å². The number of nitrogens with two attached hydrogens (primary N) is 1. The summed E-state index contributed by atoms with van der Waals surface area (Å²) in [5.74, 6) is -2.10. The normalized spacial score (nSPS) is 34.4. The summed E-state index contributed by atoms with van der Waals surface area (Å²) in [6.07, 6.45) is 3.25. The number of carbonyl (C=O) groups excluding carboxylic acids is 3. The molecular weight excluding hydrogens is 484 g/mol. The van der Waals surface area contributed by atoms with E-state index in [1.165, 1.54) is 16.7 Å². The van der Waals surface area contributed by atoms with Crippen LogP contribution in [0.5, 0.6) is 0 Å². The van der Waals surface area contributed by atoms with Gasteiger partial charge in [-0.3, -0.25) is 14.4 Å². The number of nitrogens with one attached hydrogen (secondary N) is 4. The topological polar surface area (TPSA) is 166 Å². The van der Waals surface area contributed by atoms with Gasteiger partial charge in [0.2, 0.25) is 17.7 Å². The molecule has 0 aromatic rings. The lowest BCUT2D eigenvalue weighted by molar-refractivity contribution is -0.158. The quantitative estimate of drug-likeness (QED) is 0.201. The number of carboxylic acids is 1. The van der Waals surface area contributed by atoms with E-state index < -0.39 is 17.9 Å². The van der Waals surface area contributed by atoms with Gasteiger partial charge in [-0.15, -0.1) is 11.8 Å². The molecule has 2 unspecified atom stereocenters. The molecule has 3 heterocycles. The Kier molecular flexibility index (Phi) is 8.28. The number of carbonyl (C=O) groups is 4. The van der Waals surface area contributed by atoms with Crippen LogP contribution in [0, 0.1) is 17.8 Å². The fourth-order valence-corrected chi connectivity index (χ4v) is 7.60. The van der Waals surface area contributed by atoms with Crippen molar-refractivity contribution in [3.8, 4) is 0 Å². The number of carboxylic acid groups (broad SMARTS) is 1. The Balaban J connectivity index is 1.35. The molecule has 3 aliphatic heterocycles. The number of amides is 3. The van der Waals surface area contributed by atoms with E-state index in [0.717, 1.165) is 25.7 Å². The Hall–Kier alpha value is -2.15. The number of likely N-dealkylation sites (N-methyl/N-ethyl adjacent to an activating group) is 1. The van der Waals surface area contributed by atoms with Gasteiger partial charge in [0.1, 0.15) is 5.70 Å². The summed E-state index contributed by atoms with van der Waals surface area (Å²) >= 11 is 1.52. The average Bonchev–Trinajstić information content (AvgIpc) is 3.50. The maximum absolute atomic E-state index is 13.0. The molecule has 0 spiro atoms. The zero-order chi connectivity index (χ0) is 26.1. The molecule has 3 fully saturated rings. The molecule has 2 saturated heterocycles. The van der Waals surface area contributed by atoms with Crippen LogP contribution in [0.15, 0.2) is 10.6 Å². The van der Waals surface area contributed by atoms with Crippen LogP contribution < -0.4 is 27.0 Å². The summed E-state index contributed by atoms with van der Waals surface area (Å²) in [5, 5.41) is 22.2. The summed E-state index contributed by atoms with van der Waals surface area (Å²) in [4.78, 5) is 51.7. The number of thioether (sulfide) groups is 1. The fraction of sp³-hybridized carbons (Fsp3) is 0.750. The van der Waals surface area contributed by atoms with Crippen LogP contribution in [0.25, 0.3) is 0 Å². The highest BCUT2D eigenvalue weighted by atomic mass is 32.2. The first-order valence-electron chi connectivity index (χ1n) is 12.8. The summed E-state index contributed by atoms with van der Waals surface area (Å²) in [6.45, 7) is 5.14. The molecule has 0 radical (unpaired) electrons. The van der Waals surface area contributed by atoms with Crippen molar-refractivity contribution in [3.63, 3.8) is 0 Å². The monoisotopic (exact) mass is 522 g/mol. The molecule has 36 heavy (non-hydrogen) atoms. The minimum atomic E-state index is -1.10. The first kappa shape index (κ1) is 26.9. The van der Waals surface area contributed by atoms with Crippen LogP contribution in [-0.4, -0.2) is 89.8 Å². The van der Waals surface area contributed by atoms with Gasteiger partial charge in [0, 0.05) is 53.2 Å². The molecule has 0 bridgehead atoms. The highest BCUT2D eigenvalue weighted by Gasteiger charge is 2.60. The second kappa shape index (κ2) is 11.1. The van der Waals surface area contributed by atoms with Gasteiger partial charge in [0.15, 0.2) is 0 Å². The number of fused-ring (bicyclic) bond motifs is 1. The molecule has 8 atom stereocenters. The van der Waals surface area contributed by atoms with Crippen molar-refractivity contribution in [2.75, 3.05) is 26.7 Å². The SMILES string of the molecule is CNCC(=O)N[C@H](C)[C@H]1C(=O)N2C(C(=O)O)=C(S[C@@H]3CNC(CNC(=O)C4CC[C@H](N)C4)C3)[C@H](C)[C@H]12. The molecule has 1 saturated carbocycles. The van der Waals surface area contributed by atoms with Gasteiger partial charge in [-0.25, -0.2) is 4.79 Å². The Morgan fingerprint density at radius 3 is 2.67 bits per heavy atom. The smallest absolute Gasteiger partial charge is 0.353 e. The van der Waals surface area contributed by atoms with Gasteiger partial charge in [0.05, 0.1) is 18.5 Å². The van der Waals surface area contributed by atoms with E-state index in [1.54, 1.807) is 14.0 Å². The molecule has 3 amide bonds. The molecule has 1 aliphatic carbocycles. The number of hydrogen-bond acceptors (Lipinski definition) is 8. The molecule has 0 aromatic carbocycles. The second-order valence-corrected chi connectivity index (χ2v) is 11.9. The molecule has 4 rings (SSSR count). The van der Waals surface area contributed by atoms with Crippen molar-refractivity contribution in [2.24, 2.45) is 23.5 Å². The average molecular weight is 523 g/mol. The Bertz CT molecular complexity index is 944. The summed E-state index contributed by atoms with van der Waals surface area (Å²) in [5.41, 5.74) is 6.00. The van der Waals surface area contributed by atoms with Crippen LogP contribution in [0.2, 0.25) is 0 Å². The molecular formula is C24H38N6O5S. The molecule has 4 aliphatic rings. The Morgan fingerprint density at radius 2 is 2.03 bits per heavy atom. The van der Waals surface area contributed by atoms with E-state index in [2.05, 4.69) is 21.3 Å². The number of rotatable bonds is 10. The van der Waals surface area contributed by atoms with Crippen LogP contribution in [-0.2, 0) is 19.2 Å². The summed E-state index contributed by atoms with van der Waals surface area (Å²) in [7, 11) is 1.67. The third-order valence-electron chi connectivity index (χ3n) is 7.90. The third kappa shape index (κ3) is 5.27. The van der Waals surface area contributed by atoms with E-state index in [-0.39, 0.29) is 65.2 Å². The largest absolute Gasteiger partial charge is 0.477 e. The van der Waals surface area contributed by atoms with Crippen molar-refractivity contribution >= 4 is 35.5 Å². The van der Waals surface area contributed by atoms with Crippen LogP contribution in [0.3, 0.4) is 0 Å². The van der Waals surface area contributed by atoms with E-state index in [9.17, 15) is 24.3 Å². The van der Waals surface area contributed by atoms with Gasteiger partial charge in [-0.1, -0.05) is 6.92 Å². The first-order chi connectivity index (χ1) is 17.1. The standard InChI is InChI=1S/C24H38N6O5S/c1-11-19-18(12(2)29-17(31)10-26-3)23(33)30(19)20(24(34)35)21(11)36-16-7-15(27-9-16)8-28-22(32)13-4-5-14(25)6-13/h11-16,18-19,26-27H,4-10,25H2,1-3H3,(H,28,32)(H,29,31)(H,34,35)/t11-,12-,13?,14+,15?,16+,18-,19-/m1/s1. The zero-order valence-electron chi connectivity index (χ0n) is 21.1. The molecule has 7 N–H and O–H groups in total. The minimum absolute atomic E-state index is 0.00499. The molecule has 0 aromatic heterocycles. The fourth-order valence-electron chi connectivity index (χ4n) is 6.08. The number of hydrogen-bond donors (Lipinski definition) is 6. The minimum Gasteiger partial charge on any atom is -0.477 e. The van der Waals surface area contributed by atoms with E-state index in [0.29, 0.717) is 18.0 Å². The van der Waals surface area contributed by atoms with Crippen LogP contribution in [0.1, 0.15) is 39.5 Å². The number of β-lactam (4-membered cyclic amide) rings is 1. The lowest BCUT2D eigenvalue weighted by Crippen LogP contribution is -2.66. The third-order valence-corrected chi connectivity index (χ3v) is 9.41. The summed E-state index contributed by atoms with van der Waals surface area (Å²) in [6, 6.07) is -0.447. The van der Waals surface area contributed by atoms with Crippen molar-refractivity contribution < 1.29 is 24.3 Å². The molecule has 12 heteroatoms. The van der Waals surface area contributed by atoms with Gasteiger partial charge in [-0.2, -0.15) is 0 Å². The van der Waals surface area contributed by atoms with Crippen molar-refractivity contribution in [1.82, 2.24) is 26.2 Å². The van der Waals surface area contributed by atoms with E-state index in [4.69, 9.17) is 5.73 Å². The van der Waals surface area contributed by atoms with Crippen LogP contribution in [0.4, 0.5) is 0 Å². The van der Waals surface area contributed by atoms with Crippen molar-refractivity contribution in [2.45, 2.75) is 68.9 Å². The van der Waals surface area contributed by atoms with Gasteiger partial charge in [-0.05, 0) is 39.7 Å². The number of aliphatic carboxylic acids is 1. The predicted molar refractivity (Wildman–Crippen MR) is 136 cm³/mol. The van der Waals surface area contributed by atoms with Gasteiger partial charge in [0.25, 0.3) is 0 Å². The van der Waals surface area contributed by atoms with Gasteiger partial charge < -0.3 is 37.0 Å². The predicted octanol–water partition coefficient (Wildman–Crippen LogP) is -0.809. The van der Waals surface area contributed by atoms with Crippen molar-refractivity contribution in [3.05, 3.63) is 10.6 Å². The summed E-state index contributed by atoms with van der Waals surface area (Å²) < 4.78 is 0. The zero-order valence-corrected chi connectivity index (χ0v) is 21.9. The van der Waals surface area contributed by atoms with E-state index in [1.807, 2.05) is 6.92 Å². The second-order valence-electron chi connectivity index (χ2n) is 10.5. The first-order valence-corrected chi connectivity index (χ1v) is 13.7. The van der Waals surface area contributed by atoms with Gasteiger partial charge >= 0.3 is 5.97 Å². The maximum atomic E-state index is 13.0. The molecule has 200 valence electrons. The van der Waals surface area contributed by atoms with Crippen molar-refractivity contribution in [1.29, 1.82) is 0 Å². The van der Waals surface area contributed by atoms with Crippen LogP contribution >= 0.6 is 11.8 Å². The highest BCUT2D eigenvalue weighted by molar-refractivity contribution is 8.03. The maximum Gasteiger partial charge on any atom is 0.353 e. The highest BCUT2D eigenvalue weighted by Crippen LogP contribution is 2.51. The Labute approximate surface area is 215 Å². The lowest BCUT2D eigenvalue weighted by atomic mass is 9.78. The Morgan fingerprint density at radius 1 is 1.28 bits per heavy atom. The number of nitrogens with zero attached hydrogens (tertiary/aromatic N) is 1.